The Balaban J connectivity index is 0.00000364. The number of thioether (sulfide) groups is 1. The van der Waals surface area contributed by atoms with Crippen LogP contribution in [0.3, 0.4) is 0 Å². The number of hydrogen-bond acceptors (Lipinski definition) is 6. The molecule has 1 aromatic heterocycles. The van der Waals surface area contributed by atoms with E-state index >= 15 is 0 Å². The van der Waals surface area contributed by atoms with Crippen molar-refractivity contribution in [2.75, 3.05) is 52.2 Å². The molecule has 0 aromatic carbocycles. The topological polar surface area (TPSA) is 79.6 Å². The summed E-state index contributed by atoms with van der Waals surface area (Å²) in [4.78, 5) is 7.12. The molecule has 0 aliphatic carbocycles. The fourth-order valence-electron chi connectivity index (χ4n) is 2.44. The van der Waals surface area contributed by atoms with Gasteiger partial charge in [0.2, 0.25) is 0 Å². The van der Waals surface area contributed by atoms with Gasteiger partial charge >= 0.3 is 0 Å². The Morgan fingerprint density at radius 1 is 1.26 bits per heavy atom. The Kier molecular flexibility index (Phi) is 10.9. The first-order valence-corrected chi connectivity index (χ1v) is 10.4. The zero-order chi connectivity index (χ0) is 19.0. The van der Waals surface area contributed by atoms with E-state index in [-0.39, 0.29) is 28.7 Å². The van der Waals surface area contributed by atoms with Gasteiger partial charge < -0.3 is 19.9 Å². The van der Waals surface area contributed by atoms with E-state index in [4.69, 9.17) is 9.73 Å². The molecule has 27 heavy (non-hydrogen) atoms. The van der Waals surface area contributed by atoms with Crippen molar-refractivity contribution in [1.82, 2.24) is 30.3 Å². The van der Waals surface area contributed by atoms with Gasteiger partial charge in [-0.05, 0) is 27.0 Å². The van der Waals surface area contributed by atoms with Crippen LogP contribution < -0.4 is 10.6 Å². The summed E-state index contributed by atoms with van der Waals surface area (Å²) in [5.41, 5.74) is 0. The van der Waals surface area contributed by atoms with Crippen molar-refractivity contribution in [2.24, 2.45) is 12.0 Å². The molecule has 1 aliphatic heterocycles. The second kappa shape index (κ2) is 12.1. The van der Waals surface area contributed by atoms with Crippen molar-refractivity contribution in [2.45, 2.75) is 32.1 Å². The van der Waals surface area contributed by atoms with Crippen molar-refractivity contribution in [3.8, 4) is 0 Å². The molecule has 1 aliphatic rings. The van der Waals surface area contributed by atoms with Gasteiger partial charge in [0.25, 0.3) is 0 Å². The average molecular weight is 511 g/mol. The van der Waals surface area contributed by atoms with Gasteiger partial charge in [0.1, 0.15) is 12.4 Å². The number of morpholine rings is 1. The molecule has 0 radical (unpaired) electrons. The summed E-state index contributed by atoms with van der Waals surface area (Å²) in [6.07, 6.45) is 2.13. The molecule has 0 bridgehead atoms. The molecule has 8 nitrogen and oxygen atoms in total. The standard InChI is InChI=1S/C17H33N7OS.HI/c1-14-21-22-15(23(14)4)12-19-16(20-13-17(2,3)26-5)18-6-7-24-8-10-25-11-9-24;/h6-13H2,1-5H3,(H2,18,19,20);1H. The smallest absolute Gasteiger partial charge is 0.191 e. The van der Waals surface area contributed by atoms with Crippen LogP contribution in [0.1, 0.15) is 25.5 Å². The highest BCUT2D eigenvalue weighted by Crippen LogP contribution is 2.19. The van der Waals surface area contributed by atoms with Crippen molar-refractivity contribution in [1.29, 1.82) is 0 Å². The second-order valence-corrected chi connectivity index (χ2v) is 8.60. The summed E-state index contributed by atoms with van der Waals surface area (Å²) in [5, 5.41) is 15.2. The van der Waals surface area contributed by atoms with Crippen LogP contribution in [0, 0.1) is 6.92 Å². The number of nitrogens with one attached hydrogen (secondary N) is 2. The first-order chi connectivity index (χ1) is 12.4. The maximum atomic E-state index is 5.40. The summed E-state index contributed by atoms with van der Waals surface area (Å²) in [6.45, 7) is 13.2. The summed E-state index contributed by atoms with van der Waals surface area (Å²) in [6, 6.07) is 0. The molecule has 2 rings (SSSR count). The van der Waals surface area contributed by atoms with Gasteiger partial charge in [-0.1, -0.05) is 0 Å². The molecule has 0 saturated carbocycles. The van der Waals surface area contributed by atoms with Crippen LogP contribution in [0.5, 0.6) is 0 Å². The highest BCUT2D eigenvalue weighted by molar-refractivity contribution is 14.0. The van der Waals surface area contributed by atoms with Crippen molar-refractivity contribution in [3.63, 3.8) is 0 Å². The molecular weight excluding hydrogens is 477 g/mol. The second-order valence-electron chi connectivity index (χ2n) is 7.09. The van der Waals surface area contributed by atoms with E-state index in [9.17, 15) is 0 Å². The van der Waals surface area contributed by atoms with Gasteiger partial charge in [0, 0.05) is 44.5 Å². The normalized spacial score (nSPS) is 16.1. The van der Waals surface area contributed by atoms with E-state index in [1.54, 1.807) is 0 Å². The molecular formula is C17H34IN7OS. The molecule has 1 saturated heterocycles. The number of rotatable bonds is 8. The average Bonchev–Trinajstić information content (AvgIpc) is 2.96. The Bertz CT molecular complexity index is 588. The first-order valence-electron chi connectivity index (χ1n) is 9.13. The van der Waals surface area contributed by atoms with E-state index in [0.717, 1.165) is 63.5 Å². The van der Waals surface area contributed by atoms with Crippen molar-refractivity contribution < 1.29 is 4.74 Å². The third kappa shape index (κ3) is 8.53. The Morgan fingerprint density at radius 2 is 1.96 bits per heavy atom. The van der Waals surface area contributed by atoms with Gasteiger partial charge in [-0.3, -0.25) is 4.90 Å². The maximum absolute atomic E-state index is 5.40. The highest BCUT2D eigenvalue weighted by Gasteiger charge is 2.17. The molecule has 0 unspecified atom stereocenters. The van der Waals surface area contributed by atoms with E-state index in [0.29, 0.717) is 6.54 Å². The SMILES string of the molecule is CSC(C)(C)CNC(=NCc1nnc(C)n1C)NCCN1CCOCC1.I. The molecule has 1 aromatic rings. The number of aryl methyl sites for hydroxylation is 1. The van der Waals surface area contributed by atoms with Gasteiger partial charge in [-0.15, -0.1) is 34.2 Å². The van der Waals surface area contributed by atoms with Crippen LogP contribution in [0.15, 0.2) is 4.99 Å². The number of nitrogens with zero attached hydrogens (tertiary/aromatic N) is 5. The summed E-state index contributed by atoms with van der Waals surface area (Å²) >= 11 is 1.84. The van der Waals surface area contributed by atoms with Crippen LogP contribution >= 0.6 is 35.7 Å². The van der Waals surface area contributed by atoms with Crippen LogP contribution in [0.25, 0.3) is 0 Å². The lowest BCUT2D eigenvalue weighted by molar-refractivity contribution is 0.0389. The van der Waals surface area contributed by atoms with Crippen LogP contribution in [-0.4, -0.2) is 82.6 Å². The number of guanidine groups is 1. The highest BCUT2D eigenvalue weighted by atomic mass is 127. The third-order valence-corrected chi connectivity index (χ3v) is 5.87. The third-order valence-electron chi connectivity index (χ3n) is 4.62. The molecule has 2 heterocycles. The number of hydrogen-bond donors (Lipinski definition) is 2. The van der Waals surface area contributed by atoms with Crippen LogP contribution in [0.4, 0.5) is 0 Å². The molecule has 0 amide bonds. The molecule has 1 fully saturated rings. The lowest BCUT2D eigenvalue weighted by Crippen LogP contribution is -2.47. The summed E-state index contributed by atoms with van der Waals surface area (Å²) in [5.74, 6) is 2.58. The van der Waals surface area contributed by atoms with Crippen molar-refractivity contribution >= 4 is 41.7 Å². The zero-order valence-electron chi connectivity index (χ0n) is 17.1. The molecule has 0 atom stereocenters. The van der Waals surface area contributed by atoms with E-state index in [2.05, 4.69) is 45.8 Å². The summed E-state index contributed by atoms with van der Waals surface area (Å²) in [7, 11) is 1.97. The quantitative estimate of drug-likeness (QED) is 0.309. The van der Waals surface area contributed by atoms with Gasteiger partial charge in [0.15, 0.2) is 11.8 Å². The molecule has 2 N–H and O–H groups in total. The Morgan fingerprint density at radius 3 is 2.56 bits per heavy atom. The monoisotopic (exact) mass is 511 g/mol. The predicted octanol–water partition coefficient (Wildman–Crippen LogP) is 1.25. The minimum Gasteiger partial charge on any atom is -0.379 e. The van der Waals surface area contributed by atoms with Gasteiger partial charge in [0.05, 0.1) is 13.2 Å². The lowest BCUT2D eigenvalue weighted by atomic mass is 10.2. The van der Waals surface area contributed by atoms with E-state index < -0.39 is 0 Å². The number of aliphatic imine (C=N–C) groups is 1. The molecule has 10 heteroatoms. The van der Waals surface area contributed by atoms with Gasteiger partial charge in [-0.2, -0.15) is 11.8 Å². The minimum atomic E-state index is 0. The van der Waals surface area contributed by atoms with E-state index in [1.807, 2.05) is 30.3 Å². The zero-order valence-corrected chi connectivity index (χ0v) is 20.3. The largest absolute Gasteiger partial charge is 0.379 e. The van der Waals surface area contributed by atoms with Crippen molar-refractivity contribution in [3.05, 3.63) is 11.6 Å². The Hall–Kier alpha value is -0.590. The maximum Gasteiger partial charge on any atom is 0.191 e. The number of aromatic nitrogens is 3. The van der Waals surface area contributed by atoms with Gasteiger partial charge in [-0.25, -0.2) is 4.99 Å². The van der Waals surface area contributed by atoms with E-state index in [1.165, 1.54) is 0 Å². The summed E-state index contributed by atoms with van der Waals surface area (Å²) < 4.78 is 7.52. The Labute approximate surface area is 184 Å². The number of halogens is 1. The minimum absolute atomic E-state index is 0. The first kappa shape index (κ1) is 24.4. The van der Waals surface area contributed by atoms with Crippen LogP contribution in [0.2, 0.25) is 0 Å². The molecule has 156 valence electrons. The molecule has 0 spiro atoms. The van der Waals surface area contributed by atoms with Crippen LogP contribution in [-0.2, 0) is 18.3 Å². The lowest BCUT2D eigenvalue weighted by Gasteiger charge is -2.27. The fraction of sp³-hybridized carbons (Fsp3) is 0.824. The predicted molar refractivity (Wildman–Crippen MR) is 123 cm³/mol. The fourth-order valence-corrected chi connectivity index (χ4v) is 2.66. The number of ether oxygens (including phenoxy) is 1.